The number of nitrogens with one attached hydrogen (secondary N) is 1. The summed E-state index contributed by atoms with van der Waals surface area (Å²) >= 11 is 0. The van der Waals surface area contributed by atoms with Crippen molar-refractivity contribution in [2.45, 2.75) is 64.5 Å². The first kappa shape index (κ1) is 13.6. The minimum Gasteiger partial charge on any atom is -0.444 e. The van der Waals surface area contributed by atoms with Gasteiger partial charge >= 0.3 is 6.09 Å². The van der Waals surface area contributed by atoms with Crippen LogP contribution in [-0.2, 0) is 9.47 Å². The lowest BCUT2D eigenvalue weighted by atomic mass is 10.1. The van der Waals surface area contributed by atoms with E-state index in [4.69, 9.17) is 9.47 Å². The van der Waals surface area contributed by atoms with Crippen LogP contribution in [0.1, 0.15) is 40.5 Å². The lowest BCUT2D eigenvalue weighted by molar-refractivity contribution is 0.0467. The summed E-state index contributed by atoms with van der Waals surface area (Å²) in [5.41, 5.74) is -0.429. The van der Waals surface area contributed by atoms with E-state index in [1.807, 2.05) is 20.8 Å². The molecule has 2 rings (SSSR count). The van der Waals surface area contributed by atoms with Crippen LogP contribution in [-0.4, -0.2) is 48.1 Å². The number of ether oxygens (including phenoxy) is 2. The van der Waals surface area contributed by atoms with Gasteiger partial charge in [0.05, 0.1) is 6.10 Å². The maximum atomic E-state index is 11.6. The summed E-state index contributed by atoms with van der Waals surface area (Å²) in [6, 6.07) is 0.227. The first-order valence-corrected chi connectivity index (χ1v) is 6.74. The fourth-order valence-electron chi connectivity index (χ4n) is 2.33. The normalized spacial score (nSPS) is 30.0. The van der Waals surface area contributed by atoms with Crippen molar-refractivity contribution in [3.8, 4) is 0 Å². The number of likely N-dealkylation sites (tertiary alicyclic amines) is 1. The number of epoxide rings is 1. The smallest absolute Gasteiger partial charge is 0.407 e. The quantitative estimate of drug-likeness (QED) is 0.764. The minimum absolute atomic E-state index is 0.227. The van der Waals surface area contributed by atoms with Crippen molar-refractivity contribution in [3.05, 3.63) is 0 Å². The summed E-state index contributed by atoms with van der Waals surface area (Å²) in [7, 11) is 0. The van der Waals surface area contributed by atoms with E-state index in [1.165, 1.54) is 0 Å². The Bertz CT molecular complexity index is 306. The second-order valence-corrected chi connectivity index (χ2v) is 6.19. The highest BCUT2D eigenvalue weighted by atomic mass is 16.6. The molecule has 2 saturated heterocycles. The number of hydrogen-bond donors (Lipinski definition) is 1. The molecular weight excluding hydrogens is 232 g/mol. The fourth-order valence-corrected chi connectivity index (χ4v) is 2.33. The van der Waals surface area contributed by atoms with Gasteiger partial charge in [-0.2, -0.15) is 0 Å². The summed E-state index contributed by atoms with van der Waals surface area (Å²) in [6.45, 7) is 9.68. The molecule has 0 aromatic heterocycles. The molecule has 5 nitrogen and oxygen atoms in total. The van der Waals surface area contributed by atoms with E-state index in [1.54, 1.807) is 0 Å². The fraction of sp³-hybridized carbons (Fsp3) is 0.923. The zero-order valence-corrected chi connectivity index (χ0v) is 11.7. The van der Waals surface area contributed by atoms with Gasteiger partial charge in [-0.1, -0.05) is 0 Å². The summed E-state index contributed by atoms with van der Waals surface area (Å²) in [5.74, 6) is 0. The van der Waals surface area contributed by atoms with Gasteiger partial charge in [-0.15, -0.1) is 0 Å². The Morgan fingerprint density at radius 2 is 1.89 bits per heavy atom. The Morgan fingerprint density at radius 3 is 2.33 bits per heavy atom. The van der Waals surface area contributed by atoms with Crippen LogP contribution < -0.4 is 5.32 Å². The molecule has 0 aliphatic carbocycles. The summed E-state index contributed by atoms with van der Waals surface area (Å²) in [6.07, 6.45) is 2.31. The molecule has 0 saturated carbocycles. The van der Waals surface area contributed by atoms with E-state index >= 15 is 0 Å². The van der Waals surface area contributed by atoms with E-state index in [-0.39, 0.29) is 12.1 Å². The van der Waals surface area contributed by atoms with Crippen molar-refractivity contribution in [2.75, 3.05) is 13.1 Å². The standard InChI is InChI=1S/C13H24N2O3/c1-9-11(17-9)15-7-5-10(6-8-15)14-12(16)18-13(2,3)4/h9-11H,5-8H2,1-4H3,(H,14,16). The number of piperidine rings is 1. The number of carbonyl (C=O) groups excluding carboxylic acids is 1. The highest BCUT2D eigenvalue weighted by Gasteiger charge is 2.41. The van der Waals surface area contributed by atoms with Gasteiger partial charge < -0.3 is 14.8 Å². The van der Waals surface area contributed by atoms with Gasteiger partial charge in [-0.05, 0) is 40.5 Å². The average Bonchev–Trinajstić information content (AvgIpc) is 2.93. The molecule has 0 aromatic rings. The number of hydrogen-bond acceptors (Lipinski definition) is 4. The monoisotopic (exact) mass is 256 g/mol. The van der Waals surface area contributed by atoms with Gasteiger partial charge in [0.2, 0.25) is 0 Å². The van der Waals surface area contributed by atoms with Crippen molar-refractivity contribution in [3.63, 3.8) is 0 Å². The van der Waals surface area contributed by atoms with E-state index in [2.05, 4.69) is 17.1 Å². The number of carbonyl (C=O) groups is 1. The van der Waals surface area contributed by atoms with Crippen LogP contribution in [0.2, 0.25) is 0 Å². The molecule has 0 bridgehead atoms. The maximum Gasteiger partial charge on any atom is 0.407 e. The molecule has 2 atom stereocenters. The highest BCUT2D eigenvalue weighted by Crippen LogP contribution is 2.28. The summed E-state index contributed by atoms with van der Waals surface area (Å²) < 4.78 is 10.7. The molecule has 1 N–H and O–H groups in total. The third-order valence-corrected chi connectivity index (χ3v) is 3.29. The van der Waals surface area contributed by atoms with E-state index in [0.29, 0.717) is 12.3 Å². The Hall–Kier alpha value is -0.810. The van der Waals surface area contributed by atoms with Crippen molar-refractivity contribution in [2.24, 2.45) is 0 Å². The van der Waals surface area contributed by atoms with Crippen LogP contribution >= 0.6 is 0 Å². The Balaban J connectivity index is 1.68. The Kier molecular flexibility index (Phi) is 3.82. The van der Waals surface area contributed by atoms with Gasteiger partial charge in [0.15, 0.2) is 0 Å². The molecule has 0 spiro atoms. The van der Waals surface area contributed by atoms with Crippen LogP contribution in [0.4, 0.5) is 4.79 Å². The van der Waals surface area contributed by atoms with Gasteiger partial charge in [-0.25, -0.2) is 4.79 Å². The minimum atomic E-state index is -0.429. The van der Waals surface area contributed by atoms with Crippen LogP contribution in [0.3, 0.4) is 0 Å². The number of alkyl carbamates (subject to hydrolysis) is 1. The number of rotatable bonds is 2. The van der Waals surface area contributed by atoms with Crippen molar-refractivity contribution in [1.82, 2.24) is 10.2 Å². The third-order valence-electron chi connectivity index (χ3n) is 3.29. The molecule has 2 heterocycles. The lowest BCUT2D eigenvalue weighted by Gasteiger charge is -2.31. The summed E-state index contributed by atoms with van der Waals surface area (Å²) in [5, 5.41) is 2.94. The molecular formula is C13H24N2O3. The van der Waals surface area contributed by atoms with E-state index in [0.717, 1.165) is 25.9 Å². The highest BCUT2D eigenvalue weighted by molar-refractivity contribution is 5.68. The predicted molar refractivity (Wildman–Crippen MR) is 68.3 cm³/mol. The van der Waals surface area contributed by atoms with E-state index < -0.39 is 5.60 Å². The van der Waals surface area contributed by atoms with Crippen LogP contribution in [0.15, 0.2) is 0 Å². The second-order valence-electron chi connectivity index (χ2n) is 6.19. The average molecular weight is 256 g/mol. The first-order chi connectivity index (χ1) is 8.35. The Morgan fingerprint density at radius 1 is 1.33 bits per heavy atom. The summed E-state index contributed by atoms with van der Waals surface area (Å²) in [4.78, 5) is 14.0. The van der Waals surface area contributed by atoms with Crippen molar-refractivity contribution < 1.29 is 14.3 Å². The second kappa shape index (κ2) is 5.05. The van der Waals surface area contributed by atoms with Crippen LogP contribution in [0.25, 0.3) is 0 Å². The number of nitrogens with zero attached hydrogens (tertiary/aromatic N) is 1. The van der Waals surface area contributed by atoms with Gasteiger partial charge in [0, 0.05) is 19.1 Å². The topological polar surface area (TPSA) is 54.1 Å². The molecule has 1 amide bonds. The Labute approximate surface area is 109 Å². The number of amides is 1. The molecule has 0 radical (unpaired) electrons. The van der Waals surface area contributed by atoms with E-state index in [9.17, 15) is 4.79 Å². The van der Waals surface area contributed by atoms with Crippen molar-refractivity contribution in [1.29, 1.82) is 0 Å². The van der Waals surface area contributed by atoms with Gasteiger partial charge in [-0.3, -0.25) is 4.90 Å². The molecule has 18 heavy (non-hydrogen) atoms. The molecule has 5 heteroatoms. The molecule has 2 aliphatic rings. The van der Waals surface area contributed by atoms with Crippen LogP contribution in [0, 0.1) is 0 Å². The lowest BCUT2D eigenvalue weighted by Crippen LogP contribution is -2.47. The SMILES string of the molecule is CC1OC1N1CCC(NC(=O)OC(C)(C)C)CC1. The third kappa shape index (κ3) is 3.85. The molecule has 2 fully saturated rings. The maximum absolute atomic E-state index is 11.6. The molecule has 2 unspecified atom stereocenters. The van der Waals surface area contributed by atoms with Crippen LogP contribution in [0.5, 0.6) is 0 Å². The van der Waals surface area contributed by atoms with Gasteiger partial charge in [0.1, 0.15) is 11.8 Å². The van der Waals surface area contributed by atoms with Crippen molar-refractivity contribution >= 4 is 6.09 Å². The molecule has 104 valence electrons. The molecule has 0 aromatic carbocycles. The first-order valence-electron chi connectivity index (χ1n) is 6.74. The zero-order chi connectivity index (χ0) is 13.3. The predicted octanol–water partition coefficient (Wildman–Crippen LogP) is 1.72. The molecule has 2 aliphatic heterocycles. The van der Waals surface area contributed by atoms with Gasteiger partial charge in [0.25, 0.3) is 0 Å². The zero-order valence-electron chi connectivity index (χ0n) is 11.7. The largest absolute Gasteiger partial charge is 0.444 e.